The van der Waals surface area contributed by atoms with Crippen molar-refractivity contribution in [3.05, 3.63) is 33.9 Å². The molecule has 146 valence electrons. The molecule has 0 spiro atoms. The molecule has 8 nitrogen and oxygen atoms in total. The summed E-state index contributed by atoms with van der Waals surface area (Å²) in [5.74, 6) is 0.234. The van der Waals surface area contributed by atoms with E-state index in [2.05, 4.69) is 11.0 Å². The zero-order chi connectivity index (χ0) is 20.2. The van der Waals surface area contributed by atoms with Gasteiger partial charge in [-0.3, -0.25) is 10.1 Å². The zero-order valence-electron chi connectivity index (χ0n) is 16.3. The second kappa shape index (κ2) is 8.25. The Kier molecular flexibility index (Phi) is 6.26. The summed E-state index contributed by atoms with van der Waals surface area (Å²) in [4.78, 5) is 26.2. The minimum absolute atomic E-state index is 0.0893. The number of nitrogens with zero attached hydrogens (tertiary/aromatic N) is 4. The third kappa shape index (κ3) is 5.58. The number of piperidine rings is 1. The van der Waals surface area contributed by atoms with Crippen molar-refractivity contribution < 1.29 is 14.5 Å². The van der Waals surface area contributed by atoms with Crippen LogP contribution in [0.25, 0.3) is 0 Å². The van der Waals surface area contributed by atoms with E-state index in [0.717, 1.165) is 19.4 Å². The van der Waals surface area contributed by atoms with Gasteiger partial charge in [0.2, 0.25) is 0 Å². The summed E-state index contributed by atoms with van der Waals surface area (Å²) in [5, 5.41) is 20.3. The van der Waals surface area contributed by atoms with Crippen LogP contribution < -0.4 is 4.90 Å². The summed E-state index contributed by atoms with van der Waals surface area (Å²) >= 11 is 0. The highest BCUT2D eigenvalue weighted by atomic mass is 16.6. The number of hydrogen-bond acceptors (Lipinski definition) is 6. The van der Waals surface area contributed by atoms with Crippen LogP contribution in [0, 0.1) is 27.4 Å². The van der Waals surface area contributed by atoms with E-state index in [1.54, 1.807) is 18.0 Å². The molecule has 8 heteroatoms. The fraction of sp³-hybridized carbons (Fsp3) is 0.579. The molecule has 0 saturated carbocycles. The van der Waals surface area contributed by atoms with Gasteiger partial charge in [0.05, 0.1) is 16.2 Å². The number of ether oxygens (including phenoxy) is 1. The number of nitriles is 1. The Hall–Kier alpha value is -2.82. The molecule has 1 unspecified atom stereocenters. The Labute approximate surface area is 159 Å². The van der Waals surface area contributed by atoms with Crippen LogP contribution in [0.15, 0.2) is 18.2 Å². The van der Waals surface area contributed by atoms with Crippen LogP contribution in [-0.2, 0) is 4.74 Å². The predicted octanol–water partition coefficient (Wildman–Crippen LogP) is 3.55. The average Bonchev–Trinajstić information content (AvgIpc) is 2.59. The van der Waals surface area contributed by atoms with E-state index in [0.29, 0.717) is 24.3 Å². The number of amides is 1. The summed E-state index contributed by atoms with van der Waals surface area (Å²) < 4.78 is 5.39. The van der Waals surface area contributed by atoms with Crippen LogP contribution in [0.2, 0.25) is 0 Å². The number of nitro benzene ring substituents is 1. The highest BCUT2D eigenvalue weighted by Gasteiger charge is 2.27. The van der Waals surface area contributed by atoms with Crippen LogP contribution in [-0.4, -0.2) is 48.2 Å². The van der Waals surface area contributed by atoms with Crippen molar-refractivity contribution in [2.45, 2.75) is 39.2 Å². The second-order valence-electron chi connectivity index (χ2n) is 7.89. The number of anilines is 1. The lowest BCUT2D eigenvalue weighted by Crippen LogP contribution is -2.43. The van der Waals surface area contributed by atoms with Crippen molar-refractivity contribution in [3.8, 4) is 6.07 Å². The van der Waals surface area contributed by atoms with Crippen molar-refractivity contribution in [2.75, 3.05) is 31.6 Å². The molecule has 1 saturated heterocycles. The SMILES string of the molecule is CN(CC1CCCN(c2ccc([N+](=O)[O-])cc2C#N)C1)C(=O)OC(C)(C)C. The first-order chi connectivity index (χ1) is 12.6. The van der Waals surface area contributed by atoms with Crippen molar-refractivity contribution in [2.24, 2.45) is 5.92 Å². The van der Waals surface area contributed by atoms with E-state index in [1.165, 1.54) is 12.1 Å². The van der Waals surface area contributed by atoms with Gasteiger partial charge in [-0.1, -0.05) is 0 Å². The first-order valence-corrected chi connectivity index (χ1v) is 8.98. The topological polar surface area (TPSA) is 99.7 Å². The Morgan fingerprint density at radius 3 is 2.78 bits per heavy atom. The van der Waals surface area contributed by atoms with E-state index in [4.69, 9.17) is 4.74 Å². The van der Waals surface area contributed by atoms with Gasteiger partial charge in [0, 0.05) is 38.8 Å². The Balaban J connectivity index is 2.07. The number of benzene rings is 1. The molecule has 0 bridgehead atoms. The summed E-state index contributed by atoms with van der Waals surface area (Å²) in [7, 11) is 1.72. The fourth-order valence-corrected chi connectivity index (χ4v) is 3.24. The van der Waals surface area contributed by atoms with Gasteiger partial charge in [-0.15, -0.1) is 0 Å². The minimum atomic E-state index is -0.537. The molecule has 1 heterocycles. The van der Waals surface area contributed by atoms with Crippen LogP contribution >= 0.6 is 0 Å². The molecule has 0 N–H and O–H groups in total. The largest absolute Gasteiger partial charge is 0.444 e. The number of rotatable bonds is 4. The van der Waals surface area contributed by atoms with Crippen LogP contribution in [0.4, 0.5) is 16.2 Å². The quantitative estimate of drug-likeness (QED) is 0.590. The third-order valence-corrected chi connectivity index (χ3v) is 4.41. The summed E-state index contributed by atoms with van der Waals surface area (Å²) in [5.41, 5.74) is 0.372. The molecule has 0 aliphatic carbocycles. The van der Waals surface area contributed by atoms with Gasteiger partial charge in [0.25, 0.3) is 5.69 Å². The normalized spacial score (nSPS) is 17.1. The lowest BCUT2D eigenvalue weighted by Gasteiger charge is -2.36. The molecule has 1 aromatic carbocycles. The molecule has 1 fully saturated rings. The van der Waals surface area contributed by atoms with Crippen molar-refractivity contribution in [1.29, 1.82) is 5.26 Å². The molecule has 1 amide bonds. The molecule has 1 atom stereocenters. The summed E-state index contributed by atoms with van der Waals surface area (Å²) in [6.45, 7) is 7.51. The molecule has 1 aromatic rings. The van der Waals surface area contributed by atoms with Crippen molar-refractivity contribution in [3.63, 3.8) is 0 Å². The van der Waals surface area contributed by atoms with E-state index in [9.17, 15) is 20.2 Å². The molecule has 0 aromatic heterocycles. The highest BCUT2D eigenvalue weighted by molar-refractivity contribution is 5.67. The lowest BCUT2D eigenvalue weighted by molar-refractivity contribution is -0.384. The van der Waals surface area contributed by atoms with Gasteiger partial charge < -0.3 is 14.5 Å². The van der Waals surface area contributed by atoms with E-state index in [1.807, 2.05) is 20.8 Å². The number of carbonyl (C=O) groups is 1. The highest BCUT2D eigenvalue weighted by Crippen LogP contribution is 2.29. The number of nitro groups is 1. The molecule has 27 heavy (non-hydrogen) atoms. The second-order valence-corrected chi connectivity index (χ2v) is 7.89. The van der Waals surface area contributed by atoms with Crippen LogP contribution in [0.1, 0.15) is 39.2 Å². The molecular formula is C19H26N4O4. The number of non-ortho nitro benzene ring substituents is 1. The Morgan fingerprint density at radius 1 is 1.48 bits per heavy atom. The van der Waals surface area contributed by atoms with Gasteiger partial charge in [-0.25, -0.2) is 4.79 Å². The van der Waals surface area contributed by atoms with Crippen molar-refractivity contribution in [1.82, 2.24) is 4.90 Å². The van der Waals surface area contributed by atoms with E-state index >= 15 is 0 Å². The zero-order valence-corrected chi connectivity index (χ0v) is 16.3. The molecule has 0 radical (unpaired) electrons. The molecule has 1 aliphatic rings. The van der Waals surface area contributed by atoms with E-state index in [-0.39, 0.29) is 17.7 Å². The smallest absolute Gasteiger partial charge is 0.410 e. The minimum Gasteiger partial charge on any atom is -0.444 e. The van der Waals surface area contributed by atoms with Crippen molar-refractivity contribution >= 4 is 17.5 Å². The average molecular weight is 374 g/mol. The monoisotopic (exact) mass is 374 g/mol. The Bertz CT molecular complexity index is 751. The van der Waals surface area contributed by atoms with Gasteiger partial charge in [0.15, 0.2) is 0 Å². The maximum Gasteiger partial charge on any atom is 0.410 e. The fourth-order valence-electron chi connectivity index (χ4n) is 3.24. The Morgan fingerprint density at radius 2 is 2.19 bits per heavy atom. The van der Waals surface area contributed by atoms with Crippen LogP contribution in [0.5, 0.6) is 0 Å². The maximum absolute atomic E-state index is 12.2. The van der Waals surface area contributed by atoms with Gasteiger partial charge in [-0.2, -0.15) is 5.26 Å². The first kappa shape index (κ1) is 20.5. The van der Waals surface area contributed by atoms with Gasteiger partial charge in [0.1, 0.15) is 11.7 Å². The molecular weight excluding hydrogens is 348 g/mol. The van der Waals surface area contributed by atoms with Gasteiger partial charge >= 0.3 is 6.09 Å². The first-order valence-electron chi connectivity index (χ1n) is 8.98. The van der Waals surface area contributed by atoms with E-state index < -0.39 is 10.5 Å². The standard InChI is InChI=1S/C19H26N4O4/c1-19(2,3)27-18(24)21(4)12-14-6-5-9-22(13-14)17-8-7-16(23(25)26)10-15(17)11-20/h7-8,10,14H,5-6,9,12-13H2,1-4H3. The number of hydrogen-bond donors (Lipinski definition) is 0. The summed E-state index contributed by atoms with van der Waals surface area (Å²) in [6.07, 6.45) is 1.54. The molecule has 2 rings (SSSR count). The number of carbonyl (C=O) groups excluding carboxylic acids is 1. The summed E-state index contributed by atoms with van der Waals surface area (Å²) in [6, 6.07) is 6.43. The van der Waals surface area contributed by atoms with Crippen LogP contribution in [0.3, 0.4) is 0 Å². The lowest BCUT2D eigenvalue weighted by atomic mass is 9.96. The van der Waals surface area contributed by atoms with Gasteiger partial charge in [-0.05, 0) is 45.6 Å². The third-order valence-electron chi connectivity index (χ3n) is 4.41. The molecule has 1 aliphatic heterocycles. The predicted molar refractivity (Wildman–Crippen MR) is 102 cm³/mol. The maximum atomic E-state index is 12.2.